The van der Waals surface area contributed by atoms with Gasteiger partial charge in [0, 0.05) is 24.4 Å². The highest BCUT2D eigenvalue weighted by Crippen LogP contribution is 2.28. The van der Waals surface area contributed by atoms with Crippen LogP contribution in [0, 0.1) is 5.82 Å². The SMILES string of the molecule is CN(N)/N=C(\N)c1ccc(-c2ccc(N3C[C@H](CO)OC3=O)cc2F)cn1. The molecular weight excluding hydrogens is 355 g/mol. The Morgan fingerprint density at radius 1 is 1.48 bits per heavy atom. The first-order chi connectivity index (χ1) is 12.9. The number of aliphatic hydroxyl groups excluding tert-OH is 1. The molecule has 0 aliphatic carbocycles. The highest BCUT2D eigenvalue weighted by atomic mass is 19.1. The molecule has 5 N–H and O–H groups in total. The third kappa shape index (κ3) is 3.96. The summed E-state index contributed by atoms with van der Waals surface area (Å²) in [5.41, 5.74) is 7.37. The number of hydrazone groups is 1. The van der Waals surface area contributed by atoms with Gasteiger partial charge in [0.05, 0.1) is 18.8 Å². The number of amides is 1. The number of amidine groups is 1. The molecule has 1 amide bonds. The van der Waals surface area contributed by atoms with E-state index < -0.39 is 18.0 Å². The van der Waals surface area contributed by atoms with Crippen molar-refractivity contribution in [3.05, 3.63) is 48.0 Å². The largest absolute Gasteiger partial charge is 0.441 e. The number of hydrogen-bond donors (Lipinski definition) is 3. The number of nitrogens with two attached hydrogens (primary N) is 2. The number of halogens is 1. The van der Waals surface area contributed by atoms with Crippen LogP contribution in [0.3, 0.4) is 0 Å². The number of cyclic esters (lactones) is 1. The number of hydrazine groups is 1. The van der Waals surface area contributed by atoms with E-state index in [9.17, 15) is 9.18 Å². The lowest BCUT2D eigenvalue weighted by Gasteiger charge is -2.14. The first-order valence-corrected chi connectivity index (χ1v) is 8.07. The summed E-state index contributed by atoms with van der Waals surface area (Å²) in [5, 5.41) is 14.0. The Morgan fingerprint density at radius 2 is 2.26 bits per heavy atom. The maximum Gasteiger partial charge on any atom is 0.414 e. The average molecular weight is 374 g/mol. The van der Waals surface area contributed by atoms with E-state index in [2.05, 4.69) is 10.1 Å². The number of aromatic nitrogens is 1. The zero-order valence-electron chi connectivity index (χ0n) is 14.5. The van der Waals surface area contributed by atoms with Crippen molar-refractivity contribution in [2.24, 2.45) is 16.7 Å². The number of nitrogens with zero attached hydrogens (tertiary/aromatic N) is 4. The highest BCUT2D eigenvalue weighted by molar-refractivity contribution is 5.95. The fourth-order valence-corrected chi connectivity index (χ4v) is 2.66. The van der Waals surface area contributed by atoms with Crippen molar-refractivity contribution in [1.29, 1.82) is 0 Å². The van der Waals surface area contributed by atoms with Crippen molar-refractivity contribution in [3.63, 3.8) is 0 Å². The predicted molar refractivity (Wildman–Crippen MR) is 97.0 cm³/mol. The van der Waals surface area contributed by atoms with Gasteiger partial charge in [-0.1, -0.05) is 6.07 Å². The average Bonchev–Trinajstić information content (AvgIpc) is 3.02. The molecule has 10 heteroatoms. The van der Waals surface area contributed by atoms with Crippen molar-refractivity contribution < 1.29 is 19.0 Å². The first kappa shape index (κ1) is 18.5. The quantitative estimate of drug-likeness (QED) is 0.303. The van der Waals surface area contributed by atoms with E-state index in [0.29, 0.717) is 22.5 Å². The van der Waals surface area contributed by atoms with Gasteiger partial charge in [-0.25, -0.2) is 20.1 Å². The maximum atomic E-state index is 14.6. The zero-order chi connectivity index (χ0) is 19.6. The summed E-state index contributed by atoms with van der Waals surface area (Å²) in [4.78, 5) is 17.3. The van der Waals surface area contributed by atoms with Crippen LogP contribution in [-0.2, 0) is 4.74 Å². The lowest BCUT2D eigenvalue weighted by molar-refractivity contribution is 0.0963. The Labute approximate surface area is 154 Å². The number of carbonyl (C=O) groups is 1. The molecule has 1 aromatic carbocycles. The molecule has 0 unspecified atom stereocenters. The normalized spacial score (nSPS) is 17.2. The van der Waals surface area contributed by atoms with Gasteiger partial charge in [0.2, 0.25) is 0 Å². The number of benzene rings is 1. The summed E-state index contributed by atoms with van der Waals surface area (Å²) in [7, 11) is 1.52. The summed E-state index contributed by atoms with van der Waals surface area (Å²) in [6.07, 6.45) is 0.238. The van der Waals surface area contributed by atoms with Gasteiger partial charge >= 0.3 is 6.09 Å². The van der Waals surface area contributed by atoms with Gasteiger partial charge in [0.15, 0.2) is 5.84 Å². The van der Waals surface area contributed by atoms with Gasteiger partial charge in [0.1, 0.15) is 17.6 Å². The van der Waals surface area contributed by atoms with Crippen molar-refractivity contribution in [2.75, 3.05) is 25.1 Å². The van der Waals surface area contributed by atoms with Crippen LogP contribution >= 0.6 is 0 Å². The third-order valence-electron chi connectivity index (χ3n) is 3.94. The maximum absolute atomic E-state index is 14.6. The minimum absolute atomic E-state index is 0.133. The Bertz CT molecular complexity index is 871. The summed E-state index contributed by atoms with van der Waals surface area (Å²) < 4.78 is 19.6. The molecule has 1 fully saturated rings. The minimum Gasteiger partial charge on any atom is -0.441 e. The molecule has 0 radical (unpaired) electrons. The summed E-state index contributed by atoms with van der Waals surface area (Å²) >= 11 is 0. The third-order valence-corrected chi connectivity index (χ3v) is 3.94. The summed E-state index contributed by atoms with van der Waals surface area (Å²) in [6.45, 7) is -0.119. The Morgan fingerprint density at radius 3 is 2.81 bits per heavy atom. The van der Waals surface area contributed by atoms with Crippen LogP contribution in [0.15, 0.2) is 41.6 Å². The molecule has 0 bridgehead atoms. The molecule has 1 aromatic heterocycles. The molecule has 142 valence electrons. The predicted octanol–water partition coefficient (Wildman–Crippen LogP) is 0.631. The first-order valence-electron chi connectivity index (χ1n) is 8.07. The molecule has 1 aliphatic rings. The van der Waals surface area contributed by atoms with E-state index in [1.54, 1.807) is 24.3 Å². The van der Waals surface area contributed by atoms with Gasteiger partial charge in [0.25, 0.3) is 0 Å². The molecule has 0 spiro atoms. The summed E-state index contributed by atoms with van der Waals surface area (Å²) in [6, 6.07) is 7.65. The summed E-state index contributed by atoms with van der Waals surface area (Å²) in [5.74, 6) is 5.01. The topological polar surface area (TPSA) is 130 Å². The Kier molecular flexibility index (Phi) is 5.19. The van der Waals surface area contributed by atoms with Crippen LogP contribution in [0.4, 0.5) is 14.9 Å². The van der Waals surface area contributed by atoms with Gasteiger partial charge in [-0.3, -0.25) is 9.88 Å². The van der Waals surface area contributed by atoms with Crippen LogP contribution in [0.1, 0.15) is 5.69 Å². The van der Waals surface area contributed by atoms with Crippen LogP contribution < -0.4 is 16.5 Å². The van der Waals surface area contributed by atoms with E-state index in [1.165, 1.54) is 24.2 Å². The van der Waals surface area contributed by atoms with Crippen molar-refractivity contribution in [1.82, 2.24) is 10.1 Å². The van der Waals surface area contributed by atoms with Crippen molar-refractivity contribution in [2.45, 2.75) is 6.10 Å². The lowest BCUT2D eigenvalue weighted by Crippen LogP contribution is -2.26. The second kappa shape index (κ2) is 7.56. The standard InChI is InChI=1S/C17H19FN6O3/c1-23(20)22-16(19)15-5-2-10(7-21-15)13-4-3-11(6-14(13)18)24-8-12(9-25)27-17(24)26/h2-7,12,25H,8-9,20H2,1H3,(H2,19,22)/t12-/m1/s1. The van der Waals surface area contributed by atoms with E-state index in [0.717, 1.165) is 5.12 Å². The minimum atomic E-state index is -0.619. The Balaban J connectivity index is 1.83. The van der Waals surface area contributed by atoms with Gasteiger partial charge in [-0.2, -0.15) is 0 Å². The molecule has 2 heterocycles. The number of pyridine rings is 1. The van der Waals surface area contributed by atoms with Gasteiger partial charge in [-0.15, -0.1) is 5.10 Å². The molecule has 2 aromatic rings. The molecule has 9 nitrogen and oxygen atoms in total. The number of ether oxygens (including phenoxy) is 1. The number of anilines is 1. The zero-order valence-corrected chi connectivity index (χ0v) is 14.5. The fraction of sp³-hybridized carbons (Fsp3) is 0.235. The molecule has 1 atom stereocenters. The smallest absolute Gasteiger partial charge is 0.414 e. The van der Waals surface area contributed by atoms with Crippen LogP contribution in [0.25, 0.3) is 11.1 Å². The molecule has 27 heavy (non-hydrogen) atoms. The molecule has 1 saturated heterocycles. The lowest BCUT2D eigenvalue weighted by atomic mass is 10.1. The second-order valence-corrected chi connectivity index (χ2v) is 5.95. The van der Waals surface area contributed by atoms with Crippen LogP contribution in [0.2, 0.25) is 0 Å². The van der Waals surface area contributed by atoms with Crippen LogP contribution in [-0.4, -0.2) is 53.4 Å². The van der Waals surface area contributed by atoms with E-state index in [4.69, 9.17) is 21.4 Å². The van der Waals surface area contributed by atoms with E-state index in [-0.39, 0.29) is 19.0 Å². The highest BCUT2D eigenvalue weighted by Gasteiger charge is 2.32. The number of carbonyl (C=O) groups excluding carboxylic acids is 1. The number of rotatable bonds is 5. The molecular formula is C17H19FN6O3. The second-order valence-electron chi connectivity index (χ2n) is 5.95. The van der Waals surface area contributed by atoms with Crippen molar-refractivity contribution >= 4 is 17.6 Å². The Hall–Kier alpha value is -3.24. The number of hydrogen-bond acceptors (Lipinski definition) is 7. The molecule has 1 aliphatic heterocycles. The fourth-order valence-electron chi connectivity index (χ4n) is 2.66. The van der Waals surface area contributed by atoms with E-state index >= 15 is 0 Å². The molecule has 0 saturated carbocycles. The number of aliphatic hydroxyl groups is 1. The van der Waals surface area contributed by atoms with Crippen molar-refractivity contribution in [3.8, 4) is 11.1 Å². The van der Waals surface area contributed by atoms with Crippen LogP contribution in [0.5, 0.6) is 0 Å². The van der Waals surface area contributed by atoms with Gasteiger partial charge in [-0.05, 0) is 24.3 Å². The van der Waals surface area contributed by atoms with Gasteiger partial charge < -0.3 is 15.6 Å². The van der Waals surface area contributed by atoms with E-state index in [1.807, 2.05) is 0 Å². The monoisotopic (exact) mass is 374 g/mol. The molecule has 3 rings (SSSR count).